The maximum atomic E-state index is 11.5. The van der Waals surface area contributed by atoms with Crippen molar-refractivity contribution in [2.45, 2.75) is 6.42 Å². The zero-order valence-corrected chi connectivity index (χ0v) is 7.56. The molecule has 1 amide bonds. The number of hydrogen-bond donors (Lipinski definition) is 1. The average molecular weight is 190 g/mol. The quantitative estimate of drug-likeness (QED) is 0.541. The highest BCUT2D eigenvalue weighted by atomic mass is 16.2. The number of anilines is 2. The highest BCUT2D eigenvalue weighted by molar-refractivity contribution is 6.03. The van der Waals surface area contributed by atoms with Crippen molar-refractivity contribution >= 4 is 23.6 Å². The van der Waals surface area contributed by atoms with E-state index in [0.29, 0.717) is 12.1 Å². The molecule has 1 aliphatic rings. The van der Waals surface area contributed by atoms with Gasteiger partial charge in [0.2, 0.25) is 5.91 Å². The summed E-state index contributed by atoms with van der Waals surface area (Å²) in [6, 6.07) is 5.28. The minimum absolute atomic E-state index is 0.0438. The Hall–Kier alpha value is -1.84. The number of fused-ring (bicyclic) bond motifs is 1. The summed E-state index contributed by atoms with van der Waals surface area (Å²) in [5.74, 6) is -0.0438. The topological polar surface area (TPSA) is 63.4 Å². The Morgan fingerprint density at radius 2 is 2.29 bits per heavy atom. The van der Waals surface area contributed by atoms with Crippen molar-refractivity contribution in [2.24, 2.45) is 0 Å². The largest absolute Gasteiger partial charge is 0.399 e. The Morgan fingerprint density at radius 3 is 3.00 bits per heavy atom. The predicted molar refractivity (Wildman–Crippen MR) is 53.0 cm³/mol. The van der Waals surface area contributed by atoms with Gasteiger partial charge < -0.3 is 15.4 Å². The van der Waals surface area contributed by atoms with Gasteiger partial charge in [0, 0.05) is 11.4 Å². The molecule has 0 radical (unpaired) electrons. The van der Waals surface area contributed by atoms with E-state index in [2.05, 4.69) is 0 Å². The minimum Gasteiger partial charge on any atom is -0.399 e. The predicted octanol–water partition coefficient (Wildman–Crippen LogP) is 0.357. The molecular weight excluding hydrogens is 180 g/mol. The number of carbonyl (C=O) groups excluding carboxylic acids is 2. The van der Waals surface area contributed by atoms with Crippen LogP contribution in [0.5, 0.6) is 0 Å². The van der Waals surface area contributed by atoms with Crippen molar-refractivity contribution in [3.63, 3.8) is 0 Å². The van der Waals surface area contributed by atoms with Crippen molar-refractivity contribution in [3.8, 4) is 0 Å². The van der Waals surface area contributed by atoms with E-state index in [1.165, 1.54) is 4.90 Å². The van der Waals surface area contributed by atoms with Crippen LogP contribution in [0.25, 0.3) is 0 Å². The standard InChI is InChI=1S/C10H10N2O2/c11-8-1-2-9-7(5-8)6-10(14)12(9)3-4-13/h1-2,4-5H,3,6,11H2. The first-order valence-electron chi connectivity index (χ1n) is 4.35. The van der Waals surface area contributed by atoms with Gasteiger partial charge >= 0.3 is 0 Å². The van der Waals surface area contributed by atoms with Gasteiger partial charge in [-0.15, -0.1) is 0 Å². The molecule has 0 saturated heterocycles. The summed E-state index contributed by atoms with van der Waals surface area (Å²) in [7, 11) is 0. The van der Waals surface area contributed by atoms with Crippen molar-refractivity contribution in [1.29, 1.82) is 0 Å². The Labute approximate surface area is 81.3 Å². The van der Waals surface area contributed by atoms with E-state index in [1.54, 1.807) is 18.2 Å². The van der Waals surface area contributed by atoms with E-state index >= 15 is 0 Å². The molecule has 0 saturated carbocycles. The number of nitrogen functional groups attached to an aromatic ring is 1. The van der Waals surface area contributed by atoms with Gasteiger partial charge in [-0.3, -0.25) is 4.79 Å². The summed E-state index contributed by atoms with van der Waals surface area (Å²) < 4.78 is 0. The third kappa shape index (κ3) is 1.25. The molecular formula is C10H10N2O2. The normalized spacial score (nSPS) is 14.3. The Bertz CT molecular complexity index is 401. The van der Waals surface area contributed by atoms with E-state index in [0.717, 1.165) is 17.5 Å². The molecule has 0 atom stereocenters. The number of amides is 1. The molecule has 1 heterocycles. The van der Waals surface area contributed by atoms with Gasteiger partial charge in [0.1, 0.15) is 6.29 Å². The van der Waals surface area contributed by atoms with Crippen molar-refractivity contribution in [2.75, 3.05) is 17.2 Å². The number of nitrogens with zero attached hydrogens (tertiary/aromatic N) is 1. The summed E-state index contributed by atoms with van der Waals surface area (Å²) >= 11 is 0. The van der Waals surface area contributed by atoms with Gasteiger partial charge in [-0.2, -0.15) is 0 Å². The monoisotopic (exact) mass is 190 g/mol. The van der Waals surface area contributed by atoms with Gasteiger partial charge in [-0.1, -0.05) is 0 Å². The summed E-state index contributed by atoms with van der Waals surface area (Å²) in [6.07, 6.45) is 1.07. The molecule has 0 unspecified atom stereocenters. The maximum absolute atomic E-state index is 11.5. The molecule has 2 rings (SSSR count). The molecule has 0 bridgehead atoms. The number of nitrogens with two attached hydrogens (primary N) is 1. The fourth-order valence-electron chi connectivity index (χ4n) is 1.68. The highest BCUT2D eigenvalue weighted by Gasteiger charge is 2.26. The molecule has 14 heavy (non-hydrogen) atoms. The van der Waals surface area contributed by atoms with Crippen LogP contribution in [0.1, 0.15) is 5.56 Å². The van der Waals surface area contributed by atoms with Crippen molar-refractivity contribution in [3.05, 3.63) is 23.8 Å². The fraction of sp³-hybridized carbons (Fsp3) is 0.200. The van der Waals surface area contributed by atoms with E-state index in [9.17, 15) is 9.59 Å². The second-order valence-electron chi connectivity index (χ2n) is 3.24. The second kappa shape index (κ2) is 3.14. The van der Waals surface area contributed by atoms with Gasteiger partial charge in [0.25, 0.3) is 0 Å². The number of rotatable bonds is 2. The third-order valence-corrected chi connectivity index (χ3v) is 2.29. The van der Waals surface area contributed by atoms with Crippen LogP contribution in [0.4, 0.5) is 11.4 Å². The van der Waals surface area contributed by atoms with E-state index in [1.807, 2.05) is 0 Å². The summed E-state index contributed by atoms with van der Waals surface area (Å²) in [5.41, 5.74) is 7.94. The van der Waals surface area contributed by atoms with Crippen LogP contribution in [0.3, 0.4) is 0 Å². The maximum Gasteiger partial charge on any atom is 0.231 e. The Kier molecular flexibility index (Phi) is 1.96. The number of benzene rings is 1. The summed E-state index contributed by atoms with van der Waals surface area (Å²) in [6.45, 7) is 0.121. The van der Waals surface area contributed by atoms with E-state index in [-0.39, 0.29) is 12.5 Å². The first kappa shape index (κ1) is 8.74. The zero-order valence-electron chi connectivity index (χ0n) is 7.56. The molecule has 0 aromatic heterocycles. The van der Waals surface area contributed by atoms with Crippen LogP contribution in [0, 0.1) is 0 Å². The van der Waals surface area contributed by atoms with Crippen LogP contribution in [0.15, 0.2) is 18.2 Å². The molecule has 2 N–H and O–H groups in total. The Balaban J connectivity index is 2.42. The average Bonchev–Trinajstić information content (AvgIpc) is 2.43. The molecule has 1 aromatic carbocycles. The minimum atomic E-state index is -0.0438. The molecule has 4 heteroatoms. The molecule has 4 nitrogen and oxygen atoms in total. The lowest BCUT2D eigenvalue weighted by molar-refractivity contribution is -0.118. The number of aldehydes is 1. The lowest BCUT2D eigenvalue weighted by Gasteiger charge is -2.13. The molecule has 0 fully saturated rings. The van der Waals surface area contributed by atoms with Crippen LogP contribution in [-0.2, 0) is 16.0 Å². The summed E-state index contributed by atoms with van der Waals surface area (Å²) in [5, 5.41) is 0. The second-order valence-corrected chi connectivity index (χ2v) is 3.24. The van der Waals surface area contributed by atoms with E-state index < -0.39 is 0 Å². The van der Waals surface area contributed by atoms with E-state index in [4.69, 9.17) is 5.73 Å². The Morgan fingerprint density at radius 1 is 1.50 bits per heavy atom. The fourth-order valence-corrected chi connectivity index (χ4v) is 1.68. The number of hydrogen-bond acceptors (Lipinski definition) is 3. The highest BCUT2D eigenvalue weighted by Crippen LogP contribution is 2.29. The lowest BCUT2D eigenvalue weighted by atomic mass is 10.1. The molecule has 1 aromatic rings. The lowest BCUT2D eigenvalue weighted by Crippen LogP contribution is -2.28. The smallest absolute Gasteiger partial charge is 0.231 e. The van der Waals surface area contributed by atoms with Crippen LogP contribution in [0.2, 0.25) is 0 Å². The summed E-state index contributed by atoms with van der Waals surface area (Å²) in [4.78, 5) is 23.3. The van der Waals surface area contributed by atoms with Gasteiger partial charge in [0.05, 0.1) is 13.0 Å². The SMILES string of the molecule is Nc1ccc2c(c1)CC(=O)N2CC=O. The van der Waals surface area contributed by atoms with Crippen molar-refractivity contribution < 1.29 is 9.59 Å². The third-order valence-electron chi connectivity index (χ3n) is 2.29. The molecule has 1 aliphatic heterocycles. The van der Waals surface area contributed by atoms with Crippen molar-refractivity contribution in [1.82, 2.24) is 0 Å². The molecule has 72 valence electrons. The molecule has 0 aliphatic carbocycles. The van der Waals surface area contributed by atoms with Crippen LogP contribution < -0.4 is 10.6 Å². The number of carbonyl (C=O) groups is 2. The molecule has 0 spiro atoms. The van der Waals surface area contributed by atoms with Gasteiger partial charge in [-0.25, -0.2) is 0 Å². The van der Waals surface area contributed by atoms with Gasteiger partial charge in [0.15, 0.2) is 0 Å². The van der Waals surface area contributed by atoms with Crippen LogP contribution >= 0.6 is 0 Å². The van der Waals surface area contributed by atoms with Gasteiger partial charge in [-0.05, 0) is 23.8 Å². The van der Waals surface area contributed by atoms with Crippen LogP contribution in [-0.4, -0.2) is 18.7 Å². The zero-order chi connectivity index (χ0) is 10.1. The first-order chi connectivity index (χ1) is 6.72. The first-order valence-corrected chi connectivity index (χ1v) is 4.35.